The topological polar surface area (TPSA) is 80.7 Å². The summed E-state index contributed by atoms with van der Waals surface area (Å²) in [6, 6.07) is 19.7. The number of nitrogens with zero attached hydrogens (tertiary/aromatic N) is 3. The van der Waals surface area contributed by atoms with Gasteiger partial charge in [-0.15, -0.1) is 0 Å². The molecule has 3 aromatic rings. The van der Waals surface area contributed by atoms with Crippen LogP contribution in [0.15, 0.2) is 77.9 Å². The molecule has 0 saturated heterocycles. The molecule has 1 atom stereocenters. The number of carbonyl (C=O) groups excluding carboxylic acids is 2. The summed E-state index contributed by atoms with van der Waals surface area (Å²) in [6.45, 7) is 0.268. The SMILES string of the molecule is COCCN(CC(=O)N1N=C(c2ccc(F)cc2)C[C@@H]1c1ccccc1OC)C(=O)c1ccc(OC)cc1. The van der Waals surface area contributed by atoms with Gasteiger partial charge in [-0.2, -0.15) is 5.10 Å². The van der Waals surface area contributed by atoms with Gasteiger partial charge < -0.3 is 19.1 Å². The average Bonchev–Trinajstić information content (AvgIpc) is 3.40. The minimum Gasteiger partial charge on any atom is -0.497 e. The lowest BCUT2D eigenvalue weighted by Gasteiger charge is -2.27. The van der Waals surface area contributed by atoms with Crippen LogP contribution in [0.25, 0.3) is 0 Å². The van der Waals surface area contributed by atoms with Gasteiger partial charge in [-0.05, 0) is 48.0 Å². The molecule has 0 aromatic heterocycles. The van der Waals surface area contributed by atoms with Gasteiger partial charge >= 0.3 is 0 Å². The Bertz CT molecular complexity index is 1290. The number of hydrazone groups is 1. The maximum atomic E-state index is 13.7. The minimum atomic E-state index is -0.459. The predicted octanol–water partition coefficient (Wildman–Crippen LogP) is 4.31. The summed E-state index contributed by atoms with van der Waals surface area (Å²) in [7, 11) is 4.66. The Labute approximate surface area is 221 Å². The Hall–Kier alpha value is -4.24. The Morgan fingerprint density at radius 1 is 0.974 bits per heavy atom. The van der Waals surface area contributed by atoms with E-state index in [1.54, 1.807) is 50.6 Å². The normalized spacial score (nSPS) is 14.7. The largest absolute Gasteiger partial charge is 0.497 e. The van der Waals surface area contributed by atoms with Gasteiger partial charge in [0.25, 0.3) is 11.8 Å². The first-order valence-electron chi connectivity index (χ1n) is 12.2. The molecular formula is C29H30FN3O5. The van der Waals surface area contributed by atoms with Crippen molar-refractivity contribution in [3.05, 3.63) is 95.3 Å². The molecule has 0 N–H and O–H groups in total. The standard InChI is InChI=1S/C29H30FN3O5/c1-36-17-16-32(29(35)21-10-14-23(37-2)15-11-21)19-28(34)33-26(24-6-4-5-7-27(24)38-3)18-25(31-33)20-8-12-22(30)13-9-20/h4-15,26H,16-19H2,1-3H3/t26-/m1/s1. The van der Waals surface area contributed by atoms with E-state index in [2.05, 4.69) is 5.10 Å². The van der Waals surface area contributed by atoms with Crippen LogP contribution < -0.4 is 9.47 Å². The third kappa shape index (κ3) is 6.00. The molecule has 2 amide bonds. The van der Waals surface area contributed by atoms with Crippen LogP contribution in [0.4, 0.5) is 4.39 Å². The maximum Gasteiger partial charge on any atom is 0.262 e. The smallest absolute Gasteiger partial charge is 0.262 e. The van der Waals surface area contributed by atoms with Crippen LogP contribution in [0.1, 0.15) is 33.9 Å². The highest BCUT2D eigenvalue weighted by atomic mass is 19.1. The third-order valence-electron chi connectivity index (χ3n) is 6.36. The number of hydrogen-bond donors (Lipinski definition) is 0. The molecule has 1 aliphatic heterocycles. The van der Waals surface area contributed by atoms with Crippen molar-refractivity contribution in [3.63, 3.8) is 0 Å². The molecule has 9 heteroatoms. The van der Waals surface area contributed by atoms with Gasteiger partial charge in [0.2, 0.25) is 0 Å². The summed E-state index contributed by atoms with van der Waals surface area (Å²) < 4.78 is 29.5. The summed E-state index contributed by atoms with van der Waals surface area (Å²) in [5.74, 6) is 0.217. The van der Waals surface area contributed by atoms with E-state index in [-0.39, 0.29) is 37.3 Å². The molecule has 0 bridgehead atoms. The second kappa shape index (κ2) is 12.3. The zero-order valence-electron chi connectivity index (χ0n) is 21.6. The van der Waals surface area contributed by atoms with Crippen LogP contribution >= 0.6 is 0 Å². The van der Waals surface area contributed by atoms with Gasteiger partial charge in [0.1, 0.15) is 23.9 Å². The van der Waals surface area contributed by atoms with E-state index < -0.39 is 6.04 Å². The number of ether oxygens (including phenoxy) is 3. The maximum absolute atomic E-state index is 13.7. The second-order valence-corrected chi connectivity index (χ2v) is 8.70. The van der Waals surface area contributed by atoms with Gasteiger partial charge in [0.15, 0.2) is 0 Å². The summed E-state index contributed by atoms with van der Waals surface area (Å²) in [4.78, 5) is 28.5. The number of rotatable bonds is 10. The molecule has 4 rings (SSSR count). The first-order valence-corrected chi connectivity index (χ1v) is 12.2. The van der Waals surface area contributed by atoms with Crippen molar-refractivity contribution in [2.45, 2.75) is 12.5 Å². The average molecular weight is 520 g/mol. The van der Waals surface area contributed by atoms with E-state index >= 15 is 0 Å². The molecule has 0 spiro atoms. The molecule has 0 aliphatic carbocycles. The number of hydrogen-bond acceptors (Lipinski definition) is 6. The fraction of sp³-hybridized carbons (Fsp3) is 0.276. The van der Waals surface area contributed by atoms with Gasteiger partial charge in [-0.3, -0.25) is 9.59 Å². The Morgan fingerprint density at radius 2 is 1.68 bits per heavy atom. The summed E-state index contributed by atoms with van der Waals surface area (Å²) in [5.41, 5.74) is 2.56. The minimum absolute atomic E-state index is 0.208. The van der Waals surface area contributed by atoms with E-state index in [4.69, 9.17) is 14.2 Å². The second-order valence-electron chi connectivity index (χ2n) is 8.70. The van der Waals surface area contributed by atoms with Gasteiger partial charge in [-0.25, -0.2) is 9.40 Å². The first-order chi connectivity index (χ1) is 18.4. The lowest BCUT2D eigenvalue weighted by atomic mass is 9.97. The highest BCUT2D eigenvalue weighted by molar-refractivity contribution is 6.03. The lowest BCUT2D eigenvalue weighted by Crippen LogP contribution is -2.42. The Kier molecular flexibility index (Phi) is 8.70. The van der Waals surface area contributed by atoms with Gasteiger partial charge in [0, 0.05) is 31.2 Å². The molecule has 1 aliphatic rings. The molecule has 3 aromatic carbocycles. The molecule has 0 fully saturated rings. The monoisotopic (exact) mass is 519 g/mol. The third-order valence-corrected chi connectivity index (χ3v) is 6.36. The number of carbonyl (C=O) groups is 2. The van der Waals surface area contributed by atoms with Crippen LogP contribution in [0.5, 0.6) is 11.5 Å². The molecule has 0 radical (unpaired) electrons. The summed E-state index contributed by atoms with van der Waals surface area (Å²) in [5, 5.41) is 6.05. The van der Waals surface area contributed by atoms with Crippen molar-refractivity contribution in [1.82, 2.24) is 9.91 Å². The van der Waals surface area contributed by atoms with Crippen molar-refractivity contribution < 1.29 is 28.2 Å². The fourth-order valence-electron chi connectivity index (χ4n) is 4.35. The number of amides is 2. The highest BCUT2D eigenvalue weighted by Crippen LogP contribution is 2.37. The van der Waals surface area contributed by atoms with E-state index in [9.17, 15) is 14.0 Å². The summed E-state index contributed by atoms with van der Waals surface area (Å²) >= 11 is 0. The van der Waals surface area contributed by atoms with Gasteiger partial charge in [-0.1, -0.05) is 30.3 Å². The van der Waals surface area contributed by atoms with Crippen LogP contribution in [-0.4, -0.2) is 68.5 Å². The molecule has 198 valence electrons. The van der Waals surface area contributed by atoms with Crippen molar-refractivity contribution in [3.8, 4) is 11.5 Å². The molecule has 38 heavy (non-hydrogen) atoms. The molecule has 1 heterocycles. The van der Waals surface area contributed by atoms with Crippen LogP contribution in [0.2, 0.25) is 0 Å². The van der Waals surface area contributed by atoms with Crippen LogP contribution in [0, 0.1) is 5.82 Å². The number of para-hydroxylation sites is 1. The zero-order valence-corrected chi connectivity index (χ0v) is 21.6. The Balaban J connectivity index is 1.64. The van der Waals surface area contributed by atoms with E-state index in [1.165, 1.54) is 29.2 Å². The Morgan fingerprint density at radius 3 is 2.34 bits per heavy atom. The zero-order chi connectivity index (χ0) is 27.1. The van der Waals surface area contributed by atoms with Crippen molar-refractivity contribution in [1.29, 1.82) is 0 Å². The van der Waals surface area contributed by atoms with E-state index in [1.807, 2.05) is 24.3 Å². The molecule has 8 nitrogen and oxygen atoms in total. The van der Waals surface area contributed by atoms with E-state index in [0.29, 0.717) is 34.8 Å². The number of halogens is 1. The number of methoxy groups -OCH3 is 3. The quantitative estimate of drug-likeness (QED) is 0.399. The molecule has 0 saturated carbocycles. The highest BCUT2D eigenvalue weighted by Gasteiger charge is 2.36. The van der Waals surface area contributed by atoms with Crippen LogP contribution in [0.3, 0.4) is 0 Å². The predicted molar refractivity (Wildman–Crippen MR) is 141 cm³/mol. The first kappa shape index (κ1) is 26.8. The molecular weight excluding hydrogens is 489 g/mol. The van der Waals surface area contributed by atoms with Gasteiger partial charge in [0.05, 0.1) is 32.6 Å². The van der Waals surface area contributed by atoms with Crippen molar-refractivity contribution in [2.75, 3.05) is 41.0 Å². The van der Waals surface area contributed by atoms with E-state index in [0.717, 1.165) is 5.56 Å². The number of benzene rings is 3. The summed E-state index contributed by atoms with van der Waals surface area (Å²) in [6.07, 6.45) is 0.405. The van der Waals surface area contributed by atoms with Crippen molar-refractivity contribution in [2.24, 2.45) is 5.10 Å². The van der Waals surface area contributed by atoms with Crippen molar-refractivity contribution >= 4 is 17.5 Å². The fourth-order valence-corrected chi connectivity index (χ4v) is 4.35. The van der Waals surface area contributed by atoms with Crippen LogP contribution in [-0.2, 0) is 9.53 Å². The lowest BCUT2D eigenvalue weighted by molar-refractivity contribution is -0.133. The molecule has 0 unspecified atom stereocenters.